The van der Waals surface area contributed by atoms with E-state index >= 15 is 0 Å². The predicted octanol–water partition coefficient (Wildman–Crippen LogP) is 3.48. The van der Waals surface area contributed by atoms with Crippen LogP contribution < -0.4 is 0 Å². The van der Waals surface area contributed by atoms with E-state index < -0.39 is 17.5 Å². The second kappa shape index (κ2) is 3.73. The van der Waals surface area contributed by atoms with E-state index in [1.165, 1.54) is 12.1 Å². The molecule has 1 radical (unpaired) electrons. The molecule has 75 valence electrons. The number of ketones is 1. The molecule has 0 heterocycles. The van der Waals surface area contributed by atoms with Crippen LogP contribution in [0.1, 0.15) is 15.9 Å². The summed E-state index contributed by atoms with van der Waals surface area (Å²) in [6, 6.07) is 3.25. The molecule has 5 heteroatoms. The molecule has 0 aliphatic heterocycles. The number of hydrogen-bond acceptors (Lipinski definition) is 1. The second-order valence-electron chi connectivity index (χ2n) is 2.62. The van der Waals surface area contributed by atoms with Crippen LogP contribution in [-0.4, -0.2) is 5.78 Å². The van der Waals surface area contributed by atoms with Crippen molar-refractivity contribution in [1.82, 2.24) is 0 Å². The van der Waals surface area contributed by atoms with Gasteiger partial charge in [-0.15, -0.1) is 0 Å². The highest BCUT2D eigenvalue weighted by atomic mass is 79.9. The van der Waals surface area contributed by atoms with E-state index in [2.05, 4.69) is 22.9 Å². The van der Waals surface area contributed by atoms with Gasteiger partial charge in [-0.05, 0) is 12.1 Å². The van der Waals surface area contributed by atoms with Gasteiger partial charge in [-0.25, -0.2) is 0 Å². The van der Waals surface area contributed by atoms with E-state index in [0.717, 1.165) is 6.07 Å². The molecule has 0 spiro atoms. The summed E-state index contributed by atoms with van der Waals surface area (Å²) >= 11 is 2.76. The molecular formula is C9H5BrF3O. The molecule has 14 heavy (non-hydrogen) atoms. The Bertz CT molecular complexity index is 371. The van der Waals surface area contributed by atoms with Crippen LogP contribution in [0.2, 0.25) is 0 Å². The molecule has 0 aromatic heterocycles. The summed E-state index contributed by atoms with van der Waals surface area (Å²) in [5.74, 6) is -0.636. The maximum absolute atomic E-state index is 12.3. The SMILES string of the molecule is [CH2]C(=O)c1ccc(Br)c(C(F)(F)F)c1. The van der Waals surface area contributed by atoms with Gasteiger partial charge in [0.15, 0.2) is 5.78 Å². The first kappa shape index (κ1) is 11.2. The highest BCUT2D eigenvalue weighted by Crippen LogP contribution is 2.35. The molecule has 1 aromatic rings. The minimum atomic E-state index is -4.47. The van der Waals surface area contributed by atoms with Crippen LogP contribution in [0.25, 0.3) is 0 Å². The summed E-state index contributed by atoms with van der Waals surface area (Å²) in [5, 5.41) is 0. The molecule has 0 amide bonds. The Morgan fingerprint density at radius 3 is 2.36 bits per heavy atom. The lowest BCUT2D eigenvalue weighted by Crippen LogP contribution is -2.07. The van der Waals surface area contributed by atoms with Gasteiger partial charge in [0, 0.05) is 17.0 Å². The van der Waals surface area contributed by atoms with Crippen LogP contribution in [0.4, 0.5) is 13.2 Å². The van der Waals surface area contributed by atoms with E-state index in [0.29, 0.717) is 0 Å². The Hall–Kier alpha value is -0.840. The molecule has 0 aliphatic rings. The third kappa shape index (κ3) is 2.35. The van der Waals surface area contributed by atoms with Crippen molar-refractivity contribution >= 4 is 21.7 Å². The first-order valence-corrected chi connectivity index (χ1v) is 4.34. The minimum absolute atomic E-state index is 0.0551. The highest BCUT2D eigenvalue weighted by Gasteiger charge is 2.33. The van der Waals surface area contributed by atoms with Gasteiger partial charge in [-0.3, -0.25) is 4.79 Å². The van der Waals surface area contributed by atoms with Crippen LogP contribution in [-0.2, 0) is 6.18 Å². The molecule has 0 bridgehead atoms. The van der Waals surface area contributed by atoms with Crippen molar-refractivity contribution in [3.8, 4) is 0 Å². The zero-order valence-electron chi connectivity index (χ0n) is 6.86. The molecular weight excluding hydrogens is 261 g/mol. The van der Waals surface area contributed by atoms with Crippen molar-refractivity contribution in [1.29, 1.82) is 0 Å². The molecule has 1 rings (SSSR count). The number of benzene rings is 1. The molecule has 0 aliphatic carbocycles. The van der Waals surface area contributed by atoms with Crippen LogP contribution >= 0.6 is 15.9 Å². The molecule has 1 aromatic carbocycles. The first-order valence-electron chi connectivity index (χ1n) is 3.55. The van der Waals surface area contributed by atoms with Crippen molar-refractivity contribution in [2.75, 3.05) is 0 Å². The number of carbonyl (C=O) groups excluding carboxylic acids is 1. The quantitative estimate of drug-likeness (QED) is 0.711. The normalized spacial score (nSPS) is 11.5. The summed E-state index contributed by atoms with van der Waals surface area (Å²) in [5.41, 5.74) is -0.924. The van der Waals surface area contributed by atoms with Gasteiger partial charge in [0.25, 0.3) is 0 Å². The second-order valence-corrected chi connectivity index (χ2v) is 3.47. The fourth-order valence-electron chi connectivity index (χ4n) is 0.916. The fourth-order valence-corrected chi connectivity index (χ4v) is 1.39. The van der Waals surface area contributed by atoms with E-state index in [9.17, 15) is 18.0 Å². The third-order valence-electron chi connectivity index (χ3n) is 1.59. The summed E-state index contributed by atoms with van der Waals surface area (Å²) in [6.45, 7) is 3.04. The van der Waals surface area contributed by atoms with Crippen LogP contribution in [0, 0.1) is 6.92 Å². The van der Waals surface area contributed by atoms with Crippen LogP contribution in [0.3, 0.4) is 0 Å². The van der Waals surface area contributed by atoms with Crippen molar-refractivity contribution in [3.05, 3.63) is 40.7 Å². The fraction of sp³-hybridized carbons (Fsp3) is 0.111. The molecule has 0 N–H and O–H groups in total. The molecule has 0 unspecified atom stereocenters. The van der Waals surface area contributed by atoms with Gasteiger partial charge in [0.05, 0.1) is 5.56 Å². The molecule has 0 saturated carbocycles. The Kier molecular flexibility index (Phi) is 2.99. The highest BCUT2D eigenvalue weighted by molar-refractivity contribution is 9.10. The van der Waals surface area contributed by atoms with E-state index in [1.54, 1.807) is 0 Å². The van der Waals surface area contributed by atoms with E-state index in [1.807, 2.05) is 0 Å². The van der Waals surface area contributed by atoms with Crippen molar-refractivity contribution in [3.63, 3.8) is 0 Å². The molecule has 0 saturated heterocycles. The summed E-state index contributed by atoms with van der Waals surface area (Å²) in [4.78, 5) is 10.7. The average molecular weight is 266 g/mol. The lowest BCUT2D eigenvalue weighted by molar-refractivity contribution is -0.138. The van der Waals surface area contributed by atoms with E-state index in [4.69, 9.17) is 0 Å². The number of Topliss-reactive ketones (excluding diaryl/α,β-unsaturated/α-hetero) is 1. The summed E-state index contributed by atoms with van der Waals surface area (Å²) in [7, 11) is 0. The largest absolute Gasteiger partial charge is 0.417 e. The number of hydrogen-bond donors (Lipinski definition) is 0. The Morgan fingerprint density at radius 1 is 1.36 bits per heavy atom. The zero-order chi connectivity index (χ0) is 10.9. The predicted molar refractivity (Wildman–Crippen MR) is 48.8 cm³/mol. The number of halogens is 4. The van der Waals surface area contributed by atoms with Gasteiger partial charge in [-0.1, -0.05) is 22.0 Å². The number of carbonyl (C=O) groups is 1. The first-order chi connectivity index (χ1) is 6.32. The maximum Gasteiger partial charge on any atom is 0.417 e. The monoisotopic (exact) mass is 265 g/mol. The number of alkyl halides is 3. The maximum atomic E-state index is 12.3. The Balaban J connectivity index is 3.29. The Labute approximate surface area is 87.1 Å². The van der Waals surface area contributed by atoms with Crippen LogP contribution in [0.5, 0.6) is 0 Å². The van der Waals surface area contributed by atoms with Gasteiger partial charge in [-0.2, -0.15) is 13.2 Å². The van der Waals surface area contributed by atoms with Gasteiger partial charge in [0.1, 0.15) is 0 Å². The smallest absolute Gasteiger partial charge is 0.294 e. The Morgan fingerprint density at radius 2 is 1.93 bits per heavy atom. The topological polar surface area (TPSA) is 17.1 Å². The molecule has 0 atom stereocenters. The summed E-state index contributed by atoms with van der Waals surface area (Å²) in [6.07, 6.45) is -4.47. The van der Waals surface area contributed by atoms with Gasteiger partial charge < -0.3 is 0 Å². The van der Waals surface area contributed by atoms with Crippen LogP contribution in [0.15, 0.2) is 22.7 Å². The summed E-state index contributed by atoms with van der Waals surface area (Å²) < 4.78 is 36.9. The van der Waals surface area contributed by atoms with Crippen molar-refractivity contribution in [2.45, 2.75) is 6.18 Å². The van der Waals surface area contributed by atoms with Crippen molar-refractivity contribution in [2.24, 2.45) is 0 Å². The molecule has 1 nitrogen and oxygen atoms in total. The van der Waals surface area contributed by atoms with Gasteiger partial charge in [0.2, 0.25) is 0 Å². The van der Waals surface area contributed by atoms with E-state index in [-0.39, 0.29) is 10.0 Å². The lowest BCUT2D eigenvalue weighted by atomic mass is 10.1. The number of rotatable bonds is 1. The van der Waals surface area contributed by atoms with Crippen molar-refractivity contribution < 1.29 is 18.0 Å². The zero-order valence-corrected chi connectivity index (χ0v) is 8.45. The average Bonchev–Trinajstić information content (AvgIpc) is 2.02. The molecule has 0 fully saturated rings. The standard InChI is InChI=1S/C9H5BrF3O/c1-5(14)6-2-3-8(10)7(4-6)9(11,12)13/h2-4H,1H2. The minimum Gasteiger partial charge on any atom is -0.294 e. The van der Waals surface area contributed by atoms with Gasteiger partial charge >= 0.3 is 6.18 Å². The third-order valence-corrected chi connectivity index (χ3v) is 2.29. The lowest BCUT2D eigenvalue weighted by Gasteiger charge is -2.09.